The second-order valence-corrected chi connectivity index (χ2v) is 13.4. The number of hydrogen-bond donors (Lipinski definition) is 0. The van der Waals surface area contributed by atoms with Crippen molar-refractivity contribution in [3.05, 3.63) is 108 Å². The van der Waals surface area contributed by atoms with Gasteiger partial charge in [-0.3, -0.25) is 0 Å². The van der Waals surface area contributed by atoms with Gasteiger partial charge in [0.25, 0.3) is 0 Å². The summed E-state index contributed by atoms with van der Waals surface area (Å²) in [6.45, 7) is 3.46. The van der Waals surface area contributed by atoms with E-state index in [2.05, 4.69) is 91.0 Å². The van der Waals surface area contributed by atoms with E-state index in [0.717, 1.165) is 12.4 Å². The fourth-order valence-corrected chi connectivity index (χ4v) is 8.39. The molecule has 0 radical (unpaired) electrons. The molecule has 41 heavy (non-hydrogen) atoms. The maximum atomic E-state index is 6.72. The Morgan fingerprint density at radius 1 is 0.610 bits per heavy atom. The highest BCUT2D eigenvalue weighted by atomic mass is 32.2. The Bertz CT molecular complexity index is 1050. The number of ether oxygens (including phenoxy) is 4. The molecule has 1 aliphatic rings. The van der Waals surface area contributed by atoms with Crippen molar-refractivity contribution < 1.29 is 18.9 Å². The molecule has 3 aromatic rings. The smallest absolute Gasteiger partial charge is 0.170 e. The minimum atomic E-state index is 0.0267. The van der Waals surface area contributed by atoms with Gasteiger partial charge in [0.1, 0.15) is 23.7 Å². The molecule has 1 heterocycles. The Kier molecular flexibility index (Phi) is 14.8. The number of benzene rings is 3. The molecule has 1 unspecified atom stereocenters. The number of hydrogen-bond acceptors (Lipinski definition) is 4. The van der Waals surface area contributed by atoms with Gasteiger partial charge in [0.05, 0.1) is 26.4 Å². The first-order valence-electron chi connectivity index (χ1n) is 15.4. The molecule has 1 fully saturated rings. The highest BCUT2D eigenvalue weighted by Gasteiger charge is 2.52. The van der Waals surface area contributed by atoms with E-state index >= 15 is 0 Å². The zero-order valence-electron chi connectivity index (χ0n) is 24.8. The molecule has 4 rings (SSSR count). The van der Waals surface area contributed by atoms with Gasteiger partial charge in [0, 0.05) is 13.7 Å². The lowest BCUT2D eigenvalue weighted by Crippen LogP contribution is -2.39. The molecule has 222 valence electrons. The molecular formula is C36H49O4S+. The Balaban J connectivity index is 1.37. The van der Waals surface area contributed by atoms with Crippen molar-refractivity contribution in [2.45, 2.75) is 82.2 Å². The van der Waals surface area contributed by atoms with Crippen LogP contribution in [0.2, 0.25) is 0 Å². The molecule has 0 amide bonds. The van der Waals surface area contributed by atoms with Crippen molar-refractivity contribution in [1.29, 1.82) is 0 Å². The monoisotopic (exact) mass is 577 g/mol. The van der Waals surface area contributed by atoms with Crippen molar-refractivity contribution in [1.82, 2.24) is 0 Å². The fraction of sp³-hybridized carbons (Fsp3) is 0.500. The SMILES string of the molecule is COCCCCCCCCC[S+]1C[C@@H](OCc2ccccc2)[C@H](OCc2ccccc2)[C@H]1COCc1ccccc1. The van der Waals surface area contributed by atoms with E-state index in [-0.39, 0.29) is 23.1 Å². The molecule has 0 aliphatic carbocycles. The van der Waals surface area contributed by atoms with Crippen LogP contribution in [0, 0.1) is 0 Å². The molecular weight excluding hydrogens is 528 g/mol. The third-order valence-electron chi connectivity index (χ3n) is 7.78. The maximum Gasteiger partial charge on any atom is 0.170 e. The molecule has 1 saturated heterocycles. The van der Waals surface area contributed by atoms with Gasteiger partial charge < -0.3 is 18.9 Å². The van der Waals surface area contributed by atoms with Crippen molar-refractivity contribution in [3.63, 3.8) is 0 Å². The lowest BCUT2D eigenvalue weighted by atomic mass is 10.1. The van der Waals surface area contributed by atoms with Gasteiger partial charge in [-0.25, -0.2) is 0 Å². The van der Waals surface area contributed by atoms with E-state index < -0.39 is 0 Å². The summed E-state index contributed by atoms with van der Waals surface area (Å²) in [6.07, 6.45) is 9.10. The van der Waals surface area contributed by atoms with Gasteiger partial charge in [0.15, 0.2) is 5.25 Å². The average molecular weight is 578 g/mol. The summed E-state index contributed by atoms with van der Waals surface area (Å²) in [5.74, 6) is 2.29. The summed E-state index contributed by atoms with van der Waals surface area (Å²) in [6, 6.07) is 31.5. The van der Waals surface area contributed by atoms with Crippen molar-refractivity contribution in [3.8, 4) is 0 Å². The Morgan fingerprint density at radius 2 is 1.12 bits per heavy atom. The van der Waals surface area contributed by atoms with Gasteiger partial charge >= 0.3 is 0 Å². The van der Waals surface area contributed by atoms with Crippen LogP contribution in [0.5, 0.6) is 0 Å². The molecule has 0 aromatic heterocycles. The number of methoxy groups -OCH3 is 1. The van der Waals surface area contributed by atoms with Crippen LogP contribution >= 0.6 is 0 Å². The molecule has 0 saturated carbocycles. The van der Waals surface area contributed by atoms with Gasteiger partial charge in [-0.2, -0.15) is 0 Å². The van der Waals surface area contributed by atoms with Gasteiger partial charge in [-0.05, 0) is 46.8 Å². The lowest BCUT2D eigenvalue weighted by Gasteiger charge is -2.22. The summed E-state index contributed by atoms with van der Waals surface area (Å²) in [4.78, 5) is 0. The number of rotatable bonds is 20. The Morgan fingerprint density at radius 3 is 1.71 bits per heavy atom. The van der Waals surface area contributed by atoms with Crippen LogP contribution in [0.25, 0.3) is 0 Å². The van der Waals surface area contributed by atoms with Crippen molar-refractivity contribution >= 4 is 10.9 Å². The first kappa shape index (κ1) is 31.8. The highest BCUT2D eigenvalue weighted by Crippen LogP contribution is 2.32. The molecule has 3 aromatic carbocycles. The molecule has 1 aliphatic heterocycles. The van der Waals surface area contributed by atoms with Crippen LogP contribution in [-0.2, 0) is 49.7 Å². The van der Waals surface area contributed by atoms with E-state index in [0.29, 0.717) is 31.7 Å². The summed E-state index contributed by atoms with van der Waals surface area (Å²) in [5, 5.41) is 0.345. The minimum Gasteiger partial charge on any atom is -0.385 e. The van der Waals surface area contributed by atoms with Crippen molar-refractivity contribution in [2.75, 3.05) is 31.8 Å². The molecule has 0 spiro atoms. The zero-order valence-corrected chi connectivity index (χ0v) is 25.6. The van der Waals surface area contributed by atoms with Gasteiger partial charge in [-0.15, -0.1) is 0 Å². The van der Waals surface area contributed by atoms with Gasteiger partial charge in [-0.1, -0.05) is 117 Å². The normalized spacial score (nSPS) is 20.4. The number of unbranched alkanes of at least 4 members (excludes halogenated alkanes) is 6. The third kappa shape index (κ3) is 11.6. The molecule has 0 N–H and O–H groups in total. The van der Waals surface area contributed by atoms with Crippen LogP contribution < -0.4 is 0 Å². The minimum absolute atomic E-state index is 0.0267. The summed E-state index contributed by atoms with van der Waals surface area (Å²) < 4.78 is 24.9. The maximum absolute atomic E-state index is 6.72. The Hall–Kier alpha value is -2.15. The summed E-state index contributed by atoms with van der Waals surface area (Å²) >= 11 is 0. The van der Waals surface area contributed by atoms with Crippen LogP contribution in [0.3, 0.4) is 0 Å². The molecule has 0 bridgehead atoms. The molecule has 4 atom stereocenters. The Labute approximate surface area is 251 Å². The van der Waals surface area contributed by atoms with E-state index in [1.807, 2.05) is 0 Å². The first-order valence-corrected chi connectivity index (χ1v) is 17.0. The van der Waals surface area contributed by atoms with Crippen LogP contribution in [-0.4, -0.2) is 49.3 Å². The second-order valence-electron chi connectivity index (χ2n) is 11.0. The molecule has 5 heteroatoms. The first-order chi connectivity index (χ1) is 20.3. The summed E-state index contributed by atoms with van der Waals surface area (Å²) in [7, 11) is 1.99. The predicted octanol–water partition coefficient (Wildman–Crippen LogP) is 7.75. The van der Waals surface area contributed by atoms with E-state index in [4.69, 9.17) is 18.9 Å². The fourth-order valence-electron chi connectivity index (χ4n) is 5.47. The van der Waals surface area contributed by atoms with Crippen LogP contribution in [0.1, 0.15) is 61.6 Å². The van der Waals surface area contributed by atoms with E-state index in [9.17, 15) is 0 Å². The summed E-state index contributed by atoms with van der Waals surface area (Å²) in [5.41, 5.74) is 3.63. The molecule has 4 nitrogen and oxygen atoms in total. The zero-order chi connectivity index (χ0) is 28.4. The standard InChI is InChI=1S/C36H49O4S/c1-37-24-16-5-3-2-4-6-17-25-41-30-34(39-27-32-20-12-8-13-21-32)36(40-28-33-22-14-9-15-23-33)35(41)29-38-26-31-18-10-7-11-19-31/h7-15,18-23,34-36H,2-6,16-17,24-30H2,1H3/q+1/t34-,35-,36+,41?/m1/s1. The van der Waals surface area contributed by atoms with E-state index in [1.54, 1.807) is 7.11 Å². The van der Waals surface area contributed by atoms with Gasteiger partial charge in [0.2, 0.25) is 0 Å². The quantitative estimate of drug-likeness (QED) is 0.102. The second kappa shape index (κ2) is 19.1. The van der Waals surface area contributed by atoms with Crippen molar-refractivity contribution in [2.24, 2.45) is 0 Å². The van der Waals surface area contributed by atoms with E-state index in [1.165, 1.54) is 67.4 Å². The third-order valence-corrected chi connectivity index (χ3v) is 10.6. The highest BCUT2D eigenvalue weighted by molar-refractivity contribution is 7.97. The van der Waals surface area contributed by atoms with Crippen LogP contribution in [0.4, 0.5) is 0 Å². The topological polar surface area (TPSA) is 36.9 Å². The average Bonchev–Trinajstić information content (AvgIpc) is 3.35. The lowest BCUT2D eigenvalue weighted by molar-refractivity contribution is -0.0768. The largest absolute Gasteiger partial charge is 0.385 e. The predicted molar refractivity (Wildman–Crippen MR) is 171 cm³/mol. The van der Waals surface area contributed by atoms with Crippen LogP contribution in [0.15, 0.2) is 91.0 Å².